The molecule has 136 valence electrons. The summed E-state index contributed by atoms with van der Waals surface area (Å²) < 4.78 is 6.22. The number of anilines is 2. The molecule has 6 nitrogen and oxygen atoms in total. The van der Waals surface area contributed by atoms with Crippen LogP contribution in [-0.2, 0) is 4.79 Å². The number of aryl methyl sites for hydroxylation is 1. The fourth-order valence-corrected chi connectivity index (χ4v) is 3.98. The molecule has 0 saturated heterocycles. The van der Waals surface area contributed by atoms with E-state index >= 15 is 0 Å². The zero-order chi connectivity index (χ0) is 19.0. The smallest absolute Gasteiger partial charge is 0.262 e. The van der Waals surface area contributed by atoms with Crippen LogP contribution in [0.1, 0.15) is 15.2 Å². The van der Waals surface area contributed by atoms with E-state index in [0.29, 0.717) is 22.1 Å². The summed E-state index contributed by atoms with van der Waals surface area (Å²) in [5.41, 5.74) is 2.77. The van der Waals surface area contributed by atoms with Crippen LogP contribution in [0.25, 0.3) is 11.3 Å². The normalized spacial score (nSPS) is 12.7. The van der Waals surface area contributed by atoms with E-state index in [1.807, 2.05) is 31.2 Å². The van der Waals surface area contributed by atoms with Crippen molar-refractivity contribution >= 4 is 49.9 Å². The summed E-state index contributed by atoms with van der Waals surface area (Å²) in [6, 6.07) is 12.7. The van der Waals surface area contributed by atoms with Crippen LogP contribution >= 0.6 is 27.3 Å². The maximum atomic E-state index is 12.4. The van der Waals surface area contributed by atoms with Crippen LogP contribution in [0.2, 0.25) is 0 Å². The summed E-state index contributed by atoms with van der Waals surface area (Å²) in [5, 5.41) is 6.15. The maximum Gasteiger partial charge on any atom is 0.262 e. The molecule has 0 atom stereocenters. The standard InChI is InChI=1S/C19H14BrN3O3S/c1-10-17(11-5-6-15-14(8-11)21-16(24)9-26-15)22-19(27-10)23-18(25)12-3-2-4-13(20)7-12/h2-8H,9H2,1H3,(H,21,24)(H,22,23,25). The fraction of sp³-hybridized carbons (Fsp3) is 0.105. The van der Waals surface area contributed by atoms with Crippen molar-refractivity contribution in [2.24, 2.45) is 0 Å². The van der Waals surface area contributed by atoms with Gasteiger partial charge in [0.05, 0.1) is 11.4 Å². The number of nitrogens with one attached hydrogen (secondary N) is 2. The lowest BCUT2D eigenvalue weighted by atomic mass is 10.1. The van der Waals surface area contributed by atoms with Gasteiger partial charge in [-0.3, -0.25) is 14.9 Å². The summed E-state index contributed by atoms with van der Waals surface area (Å²) in [6.07, 6.45) is 0. The first kappa shape index (κ1) is 17.7. The molecule has 1 aromatic heterocycles. The van der Waals surface area contributed by atoms with Crippen LogP contribution in [0.5, 0.6) is 5.75 Å². The van der Waals surface area contributed by atoms with Crippen LogP contribution in [0.3, 0.4) is 0 Å². The van der Waals surface area contributed by atoms with E-state index in [9.17, 15) is 9.59 Å². The molecule has 1 aliphatic rings. The van der Waals surface area contributed by atoms with Crippen molar-refractivity contribution in [1.29, 1.82) is 0 Å². The zero-order valence-corrected chi connectivity index (χ0v) is 16.6. The molecule has 2 amide bonds. The second-order valence-electron chi connectivity index (χ2n) is 5.94. The van der Waals surface area contributed by atoms with Crippen molar-refractivity contribution in [3.05, 3.63) is 57.4 Å². The molecule has 4 rings (SSSR count). The molecule has 2 aromatic carbocycles. The molecule has 0 radical (unpaired) electrons. The van der Waals surface area contributed by atoms with Gasteiger partial charge in [-0.1, -0.05) is 22.0 Å². The number of aromatic nitrogens is 1. The first-order valence-corrected chi connectivity index (χ1v) is 9.72. The highest BCUT2D eigenvalue weighted by Crippen LogP contribution is 2.36. The number of carbonyl (C=O) groups is 2. The minimum atomic E-state index is -0.220. The number of benzene rings is 2. The third-order valence-electron chi connectivity index (χ3n) is 3.99. The third kappa shape index (κ3) is 3.72. The Labute approximate surface area is 167 Å². The minimum Gasteiger partial charge on any atom is -0.482 e. The molecular weight excluding hydrogens is 430 g/mol. The van der Waals surface area contributed by atoms with Gasteiger partial charge in [0.25, 0.3) is 11.8 Å². The van der Waals surface area contributed by atoms with E-state index < -0.39 is 0 Å². The highest BCUT2D eigenvalue weighted by Gasteiger charge is 2.19. The Morgan fingerprint density at radius 3 is 2.96 bits per heavy atom. The second-order valence-corrected chi connectivity index (χ2v) is 8.05. The number of nitrogens with zero attached hydrogens (tertiary/aromatic N) is 1. The average molecular weight is 444 g/mol. The number of ether oxygens (including phenoxy) is 1. The van der Waals surface area contributed by atoms with Crippen LogP contribution in [0.4, 0.5) is 10.8 Å². The van der Waals surface area contributed by atoms with Crippen molar-refractivity contribution in [3.63, 3.8) is 0 Å². The van der Waals surface area contributed by atoms with Gasteiger partial charge in [-0.2, -0.15) is 0 Å². The molecular formula is C19H14BrN3O3S. The van der Waals surface area contributed by atoms with Crippen molar-refractivity contribution < 1.29 is 14.3 Å². The van der Waals surface area contributed by atoms with E-state index in [0.717, 1.165) is 20.6 Å². The van der Waals surface area contributed by atoms with E-state index in [2.05, 4.69) is 31.5 Å². The first-order valence-electron chi connectivity index (χ1n) is 8.11. The third-order valence-corrected chi connectivity index (χ3v) is 5.37. The van der Waals surface area contributed by atoms with Crippen molar-refractivity contribution in [3.8, 4) is 17.0 Å². The van der Waals surface area contributed by atoms with Gasteiger partial charge in [0.15, 0.2) is 11.7 Å². The van der Waals surface area contributed by atoms with E-state index in [4.69, 9.17) is 4.74 Å². The molecule has 0 fully saturated rings. The first-order chi connectivity index (χ1) is 13.0. The summed E-state index contributed by atoms with van der Waals surface area (Å²) in [6.45, 7) is 1.96. The highest BCUT2D eigenvalue weighted by molar-refractivity contribution is 9.10. The maximum absolute atomic E-state index is 12.4. The van der Waals surface area contributed by atoms with Gasteiger partial charge in [-0.15, -0.1) is 11.3 Å². The second kappa shape index (κ2) is 7.13. The van der Waals surface area contributed by atoms with E-state index in [-0.39, 0.29) is 18.4 Å². The molecule has 27 heavy (non-hydrogen) atoms. The lowest BCUT2D eigenvalue weighted by Crippen LogP contribution is -2.25. The molecule has 8 heteroatoms. The Balaban J connectivity index is 1.59. The lowest BCUT2D eigenvalue weighted by molar-refractivity contribution is -0.118. The van der Waals surface area contributed by atoms with Crippen molar-refractivity contribution in [1.82, 2.24) is 4.98 Å². The van der Waals surface area contributed by atoms with Crippen molar-refractivity contribution in [2.75, 3.05) is 17.2 Å². The monoisotopic (exact) mass is 443 g/mol. The number of rotatable bonds is 3. The largest absolute Gasteiger partial charge is 0.482 e. The Kier molecular flexibility index (Phi) is 4.67. The topological polar surface area (TPSA) is 80.3 Å². The summed E-state index contributed by atoms with van der Waals surface area (Å²) in [7, 11) is 0. The number of thiazole rings is 1. The molecule has 2 N–H and O–H groups in total. The quantitative estimate of drug-likeness (QED) is 0.625. The van der Waals surface area contributed by atoms with Gasteiger partial charge in [-0.25, -0.2) is 4.98 Å². The van der Waals surface area contributed by atoms with Crippen LogP contribution in [0.15, 0.2) is 46.9 Å². The number of carbonyl (C=O) groups excluding carboxylic acids is 2. The number of hydrogen-bond acceptors (Lipinski definition) is 5. The van der Waals surface area contributed by atoms with Gasteiger partial charge in [0.1, 0.15) is 5.75 Å². The summed E-state index contributed by atoms with van der Waals surface area (Å²) in [4.78, 5) is 29.5. The Morgan fingerprint density at radius 1 is 1.30 bits per heavy atom. The summed E-state index contributed by atoms with van der Waals surface area (Å²) >= 11 is 4.76. The molecule has 0 unspecified atom stereocenters. The summed E-state index contributed by atoms with van der Waals surface area (Å²) in [5.74, 6) is 0.230. The predicted molar refractivity (Wildman–Crippen MR) is 109 cm³/mol. The predicted octanol–water partition coefficient (Wildman–Crippen LogP) is 4.46. The zero-order valence-electron chi connectivity index (χ0n) is 14.2. The van der Waals surface area contributed by atoms with Crippen LogP contribution < -0.4 is 15.4 Å². The Hall–Kier alpha value is -2.71. The Morgan fingerprint density at radius 2 is 2.15 bits per heavy atom. The fourth-order valence-electron chi connectivity index (χ4n) is 2.75. The number of hydrogen-bond donors (Lipinski definition) is 2. The Bertz CT molecular complexity index is 1060. The SMILES string of the molecule is Cc1sc(NC(=O)c2cccc(Br)c2)nc1-c1ccc2c(c1)NC(=O)CO2. The van der Waals surface area contributed by atoms with Crippen LogP contribution in [-0.4, -0.2) is 23.4 Å². The molecule has 0 aliphatic carbocycles. The number of amides is 2. The van der Waals surface area contributed by atoms with Gasteiger partial charge in [0, 0.05) is 20.5 Å². The van der Waals surface area contributed by atoms with Crippen molar-refractivity contribution in [2.45, 2.75) is 6.92 Å². The molecule has 1 aliphatic heterocycles. The molecule has 0 saturated carbocycles. The minimum absolute atomic E-state index is 0.0217. The van der Waals surface area contributed by atoms with Gasteiger partial charge in [-0.05, 0) is 43.3 Å². The number of halogens is 1. The average Bonchev–Trinajstić information content (AvgIpc) is 3.01. The van der Waals surface area contributed by atoms with Gasteiger partial charge < -0.3 is 10.1 Å². The molecule has 3 aromatic rings. The number of fused-ring (bicyclic) bond motifs is 1. The highest BCUT2D eigenvalue weighted by atomic mass is 79.9. The van der Waals surface area contributed by atoms with Gasteiger partial charge >= 0.3 is 0 Å². The molecule has 0 spiro atoms. The molecule has 2 heterocycles. The van der Waals surface area contributed by atoms with Gasteiger partial charge in [0.2, 0.25) is 0 Å². The van der Waals surface area contributed by atoms with E-state index in [1.165, 1.54) is 11.3 Å². The van der Waals surface area contributed by atoms with E-state index in [1.54, 1.807) is 18.2 Å². The molecule has 0 bridgehead atoms. The lowest BCUT2D eigenvalue weighted by Gasteiger charge is -2.18. The van der Waals surface area contributed by atoms with Crippen LogP contribution in [0, 0.1) is 6.92 Å².